The zero-order valence-electron chi connectivity index (χ0n) is 10.2. The van der Waals surface area contributed by atoms with Crippen molar-refractivity contribution in [2.24, 2.45) is 0 Å². The number of alkyl halides is 5. The van der Waals surface area contributed by atoms with Crippen LogP contribution >= 0.6 is 0 Å². The molecule has 1 atom stereocenters. The van der Waals surface area contributed by atoms with Crippen LogP contribution in [0, 0.1) is 0 Å². The van der Waals surface area contributed by atoms with Crippen molar-refractivity contribution in [3.63, 3.8) is 0 Å². The molecule has 1 rings (SSSR count). The maximum atomic E-state index is 12.8. The molecule has 1 N–H and O–H groups in total. The summed E-state index contributed by atoms with van der Waals surface area (Å²) < 4.78 is 66.4. The zero-order valence-corrected chi connectivity index (χ0v) is 10.2. The summed E-state index contributed by atoms with van der Waals surface area (Å²) in [7, 11) is 1.56. The molecule has 0 aliphatic rings. The summed E-state index contributed by atoms with van der Waals surface area (Å²) >= 11 is 0. The van der Waals surface area contributed by atoms with Gasteiger partial charge in [-0.15, -0.1) is 0 Å². The lowest BCUT2D eigenvalue weighted by Gasteiger charge is -2.23. The topological polar surface area (TPSA) is 21.3 Å². The molecule has 1 unspecified atom stereocenters. The Morgan fingerprint density at radius 1 is 1.11 bits per heavy atom. The molecule has 108 valence electrons. The number of likely N-dealkylation sites (N-methyl/N-ethyl adjacent to an activating group) is 1. The Morgan fingerprint density at radius 3 is 2.16 bits per heavy atom. The van der Waals surface area contributed by atoms with Crippen molar-refractivity contribution in [1.82, 2.24) is 5.32 Å². The largest absolute Gasteiger partial charge is 0.455 e. The molecule has 7 heteroatoms. The minimum absolute atomic E-state index is 0.137. The van der Waals surface area contributed by atoms with Gasteiger partial charge >= 0.3 is 12.1 Å². The van der Waals surface area contributed by atoms with E-state index in [1.54, 1.807) is 37.4 Å². The van der Waals surface area contributed by atoms with Crippen LogP contribution in [0.3, 0.4) is 0 Å². The quantitative estimate of drug-likeness (QED) is 0.810. The normalized spacial score (nSPS) is 14.4. The molecule has 1 aromatic rings. The fraction of sp³-hybridized carbons (Fsp3) is 0.500. The van der Waals surface area contributed by atoms with E-state index in [9.17, 15) is 22.0 Å². The average Bonchev–Trinajstić information content (AvgIpc) is 2.34. The van der Waals surface area contributed by atoms with Crippen molar-refractivity contribution in [3.8, 4) is 0 Å². The summed E-state index contributed by atoms with van der Waals surface area (Å²) in [5, 5.41) is 2.69. The van der Waals surface area contributed by atoms with E-state index < -0.39 is 24.8 Å². The van der Waals surface area contributed by atoms with Crippen molar-refractivity contribution in [1.29, 1.82) is 0 Å². The lowest BCUT2D eigenvalue weighted by atomic mass is 10.1. The first-order valence-corrected chi connectivity index (χ1v) is 5.53. The molecule has 0 aromatic heterocycles. The second-order valence-corrected chi connectivity index (χ2v) is 3.97. The fourth-order valence-electron chi connectivity index (χ4n) is 1.41. The molecule has 0 bridgehead atoms. The van der Waals surface area contributed by atoms with Gasteiger partial charge in [0.05, 0.1) is 6.10 Å². The summed E-state index contributed by atoms with van der Waals surface area (Å²) in [5.74, 6) is -4.85. The average molecular weight is 283 g/mol. The van der Waals surface area contributed by atoms with E-state index in [0.29, 0.717) is 5.56 Å². The third-order valence-corrected chi connectivity index (χ3v) is 2.44. The molecule has 0 heterocycles. The standard InChI is InChI=1S/C12H14F5NO/c1-18-7-10(9-5-3-2-4-6-9)19-8-11(13,14)12(15,16)17/h2-6,10,18H,7-8H2,1H3. The highest BCUT2D eigenvalue weighted by Crippen LogP contribution is 2.36. The van der Waals surface area contributed by atoms with Crippen LogP contribution in [0.4, 0.5) is 22.0 Å². The second-order valence-electron chi connectivity index (χ2n) is 3.97. The summed E-state index contributed by atoms with van der Waals surface area (Å²) in [4.78, 5) is 0. The van der Waals surface area contributed by atoms with Gasteiger partial charge in [0.1, 0.15) is 6.61 Å². The highest BCUT2D eigenvalue weighted by atomic mass is 19.4. The molecule has 0 amide bonds. The van der Waals surface area contributed by atoms with Crippen LogP contribution in [-0.2, 0) is 4.74 Å². The number of benzene rings is 1. The lowest BCUT2D eigenvalue weighted by Crippen LogP contribution is -2.41. The van der Waals surface area contributed by atoms with Crippen LogP contribution < -0.4 is 5.32 Å². The zero-order chi connectivity index (χ0) is 14.5. The van der Waals surface area contributed by atoms with E-state index >= 15 is 0 Å². The Balaban J connectivity index is 2.71. The monoisotopic (exact) mass is 283 g/mol. The van der Waals surface area contributed by atoms with Crippen molar-refractivity contribution in [2.75, 3.05) is 20.2 Å². The van der Waals surface area contributed by atoms with Gasteiger partial charge in [-0.25, -0.2) is 0 Å². The molecule has 0 saturated heterocycles. The highest BCUT2D eigenvalue weighted by molar-refractivity contribution is 5.17. The first-order chi connectivity index (χ1) is 8.78. The smallest absolute Gasteiger partial charge is 0.366 e. The van der Waals surface area contributed by atoms with E-state index in [1.165, 1.54) is 0 Å². The highest BCUT2D eigenvalue weighted by Gasteiger charge is 2.57. The van der Waals surface area contributed by atoms with Gasteiger partial charge in [-0.05, 0) is 12.6 Å². The first kappa shape index (κ1) is 15.8. The lowest BCUT2D eigenvalue weighted by molar-refractivity contribution is -0.300. The third-order valence-electron chi connectivity index (χ3n) is 2.44. The number of hydrogen-bond donors (Lipinski definition) is 1. The van der Waals surface area contributed by atoms with Crippen LogP contribution in [0.5, 0.6) is 0 Å². The van der Waals surface area contributed by atoms with E-state index in [0.717, 1.165) is 0 Å². The van der Waals surface area contributed by atoms with E-state index in [2.05, 4.69) is 5.32 Å². The maximum absolute atomic E-state index is 12.8. The minimum Gasteiger partial charge on any atom is -0.366 e. The fourth-order valence-corrected chi connectivity index (χ4v) is 1.41. The van der Waals surface area contributed by atoms with Crippen molar-refractivity contribution < 1.29 is 26.7 Å². The van der Waals surface area contributed by atoms with Gasteiger partial charge in [-0.2, -0.15) is 22.0 Å². The molecular weight excluding hydrogens is 269 g/mol. The first-order valence-electron chi connectivity index (χ1n) is 5.53. The predicted molar refractivity (Wildman–Crippen MR) is 60.1 cm³/mol. The van der Waals surface area contributed by atoms with Gasteiger partial charge in [0.15, 0.2) is 0 Å². The molecule has 0 aliphatic heterocycles. The van der Waals surface area contributed by atoms with E-state index in [4.69, 9.17) is 4.74 Å². The third kappa shape index (κ3) is 4.43. The van der Waals surface area contributed by atoms with Gasteiger partial charge in [0, 0.05) is 6.54 Å². The van der Waals surface area contributed by atoms with Crippen molar-refractivity contribution in [2.45, 2.75) is 18.2 Å². The molecule has 0 saturated carbocycles. The van der Waals surface area contributed by atoms with Gasteiger partial charge in [-0.1, -0.05) is 30.3 Å². The van der Waals surface area contributed by atoms with Gasteiger partial charge in [-0.3, -0.25) is 0 Å². The molecule has 0 aliphatic carbocycles. The number of ether oxygens (including phenoxy) is 1. The minimum atomic E-state index is -5.60. The molecule has 0 radical (unpaired) electrons. The van der Waals surface area contributed by atoms with E-state index in [-0.39, 0.29) is 6.54 Å². The van der Waals surface area contributed by atoms with E-state index in [1.807, 2.05) is 0 Å². The SMILES string of the molecule is CNCC(OCC(F)(F)C(F)(F)F)c1ccccc1. The van der Waals surface area contributed by atoms with Crippen molar-refractivity contribution >= 4 is 0 Å². The van der Waals surface area contributed by atoms with Gasteiger partial charge in [0.25, 0.3) is 0 Å². The molecule has 19 heavy (non-hydrogen) atoms. The summed E-state index contributed by atoms with van der Waals surface area (Å²) in [6, 6.07) is 8.23. The van der Waals surface area contributed by atoms with Crippen LogP contribution in [0.25, 0.3) is 0 Å². The Morgan fingerprint density at radius 2 is 1.68 bits per heavy atom. The Kier molecular flexibility index (Phi) is 5.25. The molecule has 2 nitrogen and oxygen atoms in total. The number of halogens is 5. The number of hydrogen-bond acceptors (Lipinski definition) is 2. The van der Waals surface area contributed by atoms with Crippen LogP contribution in [0.2, 0.25) is 0 Å². The molecule has 0 spiro atoms. The Hall–Kier alpha value is -1.21. The molecule has 0 fully saturated rings. The summed E-state index contributed by atoms with van der Waals surface area (Å²) in [6.07, 6.45) is -6.46. The Bertz CT molecular complexity index is 379. The molecule has 1 aromatic carbocycles. The number of nitrogens with one attached hydrogen (secondary N) is 1. The maximum Gasteiger partial charge on any atom is 0.455 e. The summed E-state index contributed by atoms with van der Waals surface area (Å²) in [6.45, 7) is -1.56. The van der Waals surface area contributed by atoms with Crippen molar-refractivity contribution in [3.05, 3.63) is 35.9 Å². The van der Waals surface area contributed by atoms with Crippen LogP contribution in [0.1, 0.15) is 11.7 Å². The predicted octanol–water partition coefficient (Wildman–Crippen LogP) is 3.16. The molecular formula is C12H14F5NO. The summed E-state index contributed by atoms with van der Waals surface area (Å²) in [5.41, 5.74) is 0.537. The number of rotatable bonds is 6. The van der Waals surface area contributed by atoms with Crippen LogP contribution in [0.15, 0.2) is 30.3 Å². The van der Waals surface area contributed by atoms with Gasteiger partial charge < -0.3 is 10.1 Å². The van der Waals surface area contributed by atoms with Gasteiger partial charge in [0.2, 0.25) is 0 Å². The van der Waals surface area contributed by atoms with Crippen LogP contribution in [-0.4, -0.2) is 32.3 Å². The second kappa shape index (κ2) is 6.29. The Labute approximate surface area is 107 Å².